The SMILES string of the molecule is CC(C)(C)CCN1CCC2(CC1)CCN(S(=O)(=O)c1ccc(N3CCOCC3)nc1)C2. The largest absolute Gasteiger partial charge is 0.378 e. The minimum Gasteiger partial charge on any atom is -0.378 e. The number of sulfonamides is 1. The minimum absolute atomic E-state index is 0.145. The standard InChI is InChI=1S/C23H38N4O3S/c1-22(2,3)6-10-25-11-7-23(8-12-25)9-13-27(19-23)31(28,29)20-4-5-21(24-18-20)26-14-16-30-17-15-26/h4-5,18H,6-17,19H2,1-3H3. The Hall–Kier alpha value is -1.22. The summed E-state index contributed by atoms with van der Waals surface area (Å²) in [6, 6.07) is 3.55. The summed E-state index contributed by atoms with van der Waals surface area (Å²) in [6.45, 7) is 14.4. The first-order valence-corrected chi connectivity index (χ1v) is 13.1. The van der Waals surface area contributed by atoms with Crippen molar-refractivity contribution in [2.24, 2.45) is 10.8 Å². The van der Waals surface area contributed by atoms with E-state index in [4.69, 9.17) is 4.74 Å². The van der Waals surface area contributed by atoms with Crippen molar-refractivity contribution < 1.29 is 13.2 Å². The molecule has 8 heteroatoms. The molecule has 0 aromatic carbocycles. The van der Waals surface area contributed by atoms with Crippen molar-refractivity contribution in [1.29, 1.82) is 0 Å². The number of hydrogen-bond donors (Lipinski definition) is 0. The number of nitrogens with zero attached hydrogens (tertiary/aromatic N) is 4. The number of pyridine rings is 1. The van der Waals surface area contributed by atoms with Crippen LogP contribution in [0.5, 0.6) is 0 Å². The second-order valence-corrected chi connectivity index (χ2v) is 12.6. The molecule has 1 spiro atoms. The van der Waals surface area contributed by atoms with Gasteiger partial charge in [0.1, 0.15) is 10.7 Å². The van der Waals surface area contributed by atoms with Crippen molar-refractivity contribution in [1.82, 2.24) is 14.2 Å². The zero-order valence-corrected chi connectivity index (χ0v) is 20.2. The fraction of sp³-hybridized carbons (Fsp3) is 0.783. The number of likely N-dealkylation sites (tertiary alicyclic amines) is 1. The van der Waals surface area contributed by atoms with Gasteiger partial charge in [-0.15, -0.1) is 0 Å². The number of piperidine rings is 1. The predicted octanol–water partition coefficient (Wildman–Crippen LogP) is 2.83. The maximum absolute atomic E-state index is 13.3. The molecule has 3 fully saturated rings. The van der Waals surface area contributed by atoms with Crippen LogP contribution in [-0.4, -0.2) is 81.6 Å². The Labute approximate surface area is 187 Å². The van der Waals surface area contributed by atoms with Crippen LogP contribution in [0.2, 0.25) is 0 Å². The summed E-state index contributed by atoms with van der Waals surface area (Å²) in [5, 5.41) is 0. The maximum Gasteiger partial charge on any atom is 0.244 e. The number of anilines is 1. The lowest BCUT2D eigenvalue weighted by atomic mass is 9.77. The van der Waals surface area contributed by atoms with Crippen LogP contribution in [0, 0.1) is 10.8 Å². The molecule has 1 aromatic heterocycles. The van der Waals surface area contributed by atoms with Crippen LogP contribution in [0.3, 0.4) is 0 Å². The van der Waals surface area contributed by atoms with E-state index >= 15 is 0 Å². The zero-order chi connectivity index (χ0) is 22.1. The molecule has 4 rings (SSSR count). The molecule has 0 unspecified atom stereocenters. The van der Waals surface area contributed by atoms with Gasteiger partial charge >= 0.3 is 0 Å². The molecule has 0 N–H and O–H groups in total. The highest BCUT2D eigenvalue weighted by Gasteiger charge is 2.44. The van der Waals surface area contributed by atoms with Crippen molar-refractivity contribution in [2.45, 2.75) is 51.3 Å². The first-order chi connectivity index (χ1) is 14.7. The van der Waals surface area contributed by atoms with E-state index in [1.54, 1.807) is 10.4 Å². The number of rotatable bonds is 5. The molecule has 0 radical (unpaired) electrons. The van der Waals surface area contributed by atoms with Crippen LogP contribution in [0.15, 0.2) is 23.2 Å². The quantitative estimate of drug-likeness (QED) is 0.687. The van der Waals surface area contributed by atoms with E-state index in [9.17, 15) is 8.42 Å². The van der Waals surface area contributed by atoms with Gasteiger partial charge in [0, 0.05) is 32.4 Å². The van der Waals surface area contributed by atoms with E-state index < -0.39 is 10.0 Å². The second-order valence-electron chi connectivity index (χ2n) is 10.7. The molecule has 0 atom stereocenters. The Kier molecular flexibility index (Phi) is 6.64. The van der Waals surface area contributed by atoms with Gasteiger partial charge in [-0.25, -0.2) is 13.4 Å². The molecule has 1 aromatic rings. The van der Waals surface area contributed by atoms with Crippen LogP contribution >= 0.6 is 0 Å². The highest BCUT2D eigenvalue weighted by Crippen LogP contribution is 2.42. The first kappa shape index (κ1) is 23.0. The van der Waals surface area contributed by atoms with Crippen LogP contribution in [0.1, 0.15) is 46.5 Å². The summed E-state index contributed by atoms with van der Waals surface area (Å²) in [7, 11) is -3.49. The van der Waals surface area contributed by atoms with Gasteiger partial charge < -0.3 is 14.5 Å². The molecule has 3 aliphatic rings. The minimum atomic E-state index is -3.49. The van der Waals surface area contributed by atoms with Gasteiger partial charge in [-0.3, -0.25) is 0 Å². The summed E-state index contributed by atoms with van der Waals surface area (Å²) < 4.78 is 33.6. The molecule has 3 saturated heterocycles. The average molecular weight is 451 g/mol. The summed E-state index contributed by atoms with van der Waals surface area (Å²) in [5.41, 5.74) is 0.505. The Balaban J connectivity index is 1.35. The van der Waals surface area contributed by atoms with Crippen molar-refractivity contribution in [3.63, 3.8) is 0 Å². The molecule has 31 heavy (non-hydrogen) atoms. The predicted molar refractivity (Wildman–Crippen MR) is 123 cm³/mol. The Morgan fingerprint density at radius 1 is 1.03 bits per heavy atom. The third-order valence-electron chi connectivity index (χ3n) is 7.19. The van der Waals surface area contributed by atoms with Gasteiger partial charge in [-0.1, -0.05) is 20.8 Å². The molecular weight excluding hydrogens is 412 g/mol. The van der Waals surface area contributed by atoms with Gasteiger partial charge in [0.05, 0.1) is 13.2 Å². The van der Waals surface area contributed by atoms with Gasteiger partial charge in [-0.05, 0) is 68.3 Å². The van der Waals surface area contributed by atoms with E-state index in [0.717, 1.165) is 57.8 Å². The lowest BCUT2D eigenvalue weighted by Gasteiger charge is -2.40. The molecule has 0 aliphatic carbocycles. The van der Waals surface area contributed by atoms with Gasteiger partial charge in [-0.2, -0.15) is 4.31 Å². The van der Waals surface area contributed by atoms with Gasteiger partial charge in [0.2, 0.25) is 10.0 Å². The molecular formula is C23H38N4O3S. The van der Waals surface area contributed by atoms with E-state index in [1.807, 2.05) is 6.07 Å². The smallest absolute Gasteiger partial charge is 0.244 e. The van der Waals surface area contributed by atoms with Crippen molar-refractivity contribution in [3.8, 4) is 0 Å². The van der Waals surface area contributed by atoms with Gasteiger partial charge in [0.25, 0.3) is 0 Å². The monoisotopic (exact) mass is 450 g/mol. The van der Waals surface area contributed by atoms with Gasteiger partial charge in [0.15, 0.2) is 0 Å². The van der Waals surface area contributed by atoms with Crippen molar-refractivity contribution in [2.75, 3.05) is 63.9 Å². The highest BCUT2D eigenvalue weighted by atomic mass is 32.2. The van der Waals surface area contributed by atoms with E-state index in [0.29, 0.717) is 36.6 Å². The second kappa shape index (κ2) is 8.96. The summed E-state index contributed by atoms with van der Waals surface area (Å²) >= 11 is 0. The Bertz CT molecular complexity index is 837. The fourth-order valence-corrected chi connectivity index (χ4v) is 6.41. The molecule has 174 valence electrons. The summed E-state index contributed by atoms with van der Waals surface area (Å²) in [6.07, 6.45) is 5.89. The van der Waals surface area contributed by atoms with Crippen LogP contribution in [0.25, 0.3) is 0 Å². The van der Waals surface area contributed by atoms with E-state index in [-0.39, 0.29) is 5.41 Å². The molecule has 7 nitrogen and oxygen atoms in total. The number of ether oxygens (including phenoxy) is 1. The van der Waals surface area contributed by atoms with Crippen LogP contribution in [0.4, 0.5) is 5.82 Å². The highest BCUT2D eigenvalue weighted by molar-refractivity contribution is 7.89. The number of morpholine rings is 1. The van der Waals surface area contributed by atoms with Crippen LogP contribution < -0.4 is 4.90 Å². The summed E-state index contributed by atoms with van der Waals surface area (Å²) in [5.74, 6) is 0.822. The molecule has 4 heterocycles. The lowest BCUT2D eigenvalue weighted by molar-refractivity contribution is 0.105. The molecule has 0 saturated carbocycles. The summed E-state index contributed by atoms with van der Waals surface area (Å²) in [4.78, 5) is 9.46. The average Bonchev–Trinajstić information content (AvgIpc) is 3.18. The number of aromatic nitrogens is 1. The Morgan fingerprint density at radius 3 is 2.32 bits per heavy atom. The molecule has 0 bridgehead atoms. The number of hydrogen-bond acceptors (Lipinski definition) is 6. The molecule has 3 aliphatic heterocycles. The van der Waals surface area contributed by atoms with Crippen molar-refractivity contribution in [3.05, 3.63) is 18.3 Å². The third kappa shape index (κ3) is 5.41. The first-order valence-electron chi connectivity index (χ1n) is 11.7. The van der Waals surface area contributed by atoms with Crippen molar-refractivity contribution >= 4 is 15.8 Å². The Morgan fingerprint density at radius 2 is 1.71 bits per heavy atom. The van der Waals surface area contributed by atoms with Crippen LogP contribution in [-0.2, 0) is 14.8 Å². The molecule has 0 amide bonds. The normalized spacial score (nSPS) is 23.5. The maximum atomic E-state index is 13.3. The van der Waals surface area contributed by atoms with E-state index in [1.165, 1.54) is 12.6 Å². The third-order valence-corrected chi connectivity index (χ3v) is 9.02. The van der Waals surface area contributed by atoms with E-state index in [2.05, 4.69) is 35.6 Å². The topological polar surface area (TPSA) is 66.0 Å². The lowest BCUT2D eigenvalue weighted by Crippen LogP contribution is -2.43. The fourth-order valence-electron chi connectivity index (χ4n) is 4.91. The zero-order valence-electron chi connectivity index (χ0n) is 19.3.